The van der Waals surface area contributed by atoms with Crippen LogP contribution in [0.2, 0.25) is 5.02 Å². The summed E-state index contributed by atoms with van der Waals surface area (Å²) >= 11 is 7.38. The Morgan fingerprint density at radius 3 is 2.81 bits per heavy atom. The number of hydrogen-bond acceptors (Lipinski definition) is 7. The number of amides is 1. The molecule has 1 amide bonds. The van der Waals surface area contributed by atoms with Crippen molar-refractivity contribution in [2.75, 3.05) is 24.5 Å². The van der Waals surface area contributed by atoms with Gasteiger partial charge in [-0.3, -0.25) is 9.36 Å². The third kappa shape index (κ3) is 4.69. The van der Waals surface area contributed by atoms with Crippen LogP contribution in [-0.2, 0) is 16.1 Å². The number of carbonyl (C=O) groups excluding carboxylic acids is 1. The average molecular weight is 473 g/mol. The summed E-state index contributed by atoms with van der Waals surface area (Å²) in [5.41, 5.74) is 1.57. The molecule has 0 saturated carbocycles. The minimum Gasteiger partial charge on any atom is -0.454 e. The number of carbonyl (C=O) groups is 1. The molecule has 10 heteroatoms. The molecule has 2 aliphatic heterocycles. The zero-order valence-corrected chi connectivity index (χ0v) is 18.7. The number of ether oxygens (including phenoxy) is 3. The molecular weight excluding hydrogens is 452 g/mol. The van der Waals surface area contributed by atoms with E-state index < -0.39 is 0 Å². The Balaban J connectivity index is 1.30. The lowest BCUT2D eigenvalue weighted by Crippen LogP contribution is -2.18. The number of nitrogens with zero attached hydrogens (tertiary/aromatic N) is 3. The van der Waals surface area contributed by atoms with E-state index in [0.717, 1.165) is 30.8 Å². The number of hydrogen-bond donors (Lipinski definition) is 1. The zero-order valence-electron chi connectivity index (χ0n) is 17.1. The van der Waals surface area contributed by atoms with Gasteiger partial charge in [0.05, 0.1) is 18.4 Å². The SMILES string of the molecule is O=C(CSc1nnc(-c2ccc(Cl)cc2)n1C[C@@H]1CCCO1)Nc1ccc2c(c1)OCO2. The first kappa shape index (κ1) is 21.1. The van der Waals surface area contributed by atoms with Crippen molar-refractivity contribution >= 4 is 35.0 Å². The van der Waals surface area contributed by atoms with Gasteiger partial charge in [-0.15, -0.1) is 10.2 Å². The highest BCUT2D eigenvalue weighted by molar-refractivity contribution is 7.99. The monoisotopic (exact) mass is 472 g/mol. The quantitative estimate of drug-likeness (QED) is 0.514. The predicted molar refractivity (Wildman–Crippen MR) is 121 cm³/mol. The van der Waals surface area contributed by atoms with E-state index >= 15 is 0 Å². The van der Waals surface area contributed by atoms with Crippen molar-refractivity contribution in [2.45, 2.75) is 30.6 Å². The molecule has 1 aromatic heterocycles. The molecule has 5 rings (SSSR count). The summed E-state index contributed by atoms with van der Waals surface area (Å²) in [6.07, 6.45) is 2.15. The highest BCUT2D eigenvalue weighted by Crippen LogP contribution is 2.34. The summed E-state index contributed by atoms with van der Waals surface area (Å²) in [4.78, 5) is 12.6. The molecule has 0 radical (unpaired) electrons. The van der Waals surface area contributed by atoms with Crippen LogP contribution in [0.15, 0.2) is 47.6 Å². The van der Waals surface area contributed by atoms with E-state index in [-0.39, 0.29) is 24.6 Å². The minimum absolute atomic E-state index is 0.110. The Labute approximate surface area is 194 Å². The molecule has 0 aliphatic carbocycles. The van der Waals surface area contributed by atoms with Gasteiger partial charge in [0.25, 0.3) is 0 Å². The Morgan fingerprint density at radius 1 is 1.16 bits per heavy atom. The second-order valence-corrected chi connectivity index (χ2v) is 8.84. The van der Waals surface area contributed by atoms with Gasteiger partial charge in [0.2, 0.25) is 12.7 Å². The lowest BCUT2D eigenvalue weighted by Gasteiger charge is -2.15. The van der Waals surface area contributed by atoms with Crippen LogP contribution >= 0.6 is 23.4 Å². The van der Waals surface area contributed by atoms with Crippen LogP contribution in [0, 0.1) is 0 Å². The number of aromatic nitrogens is 3. The lowest BCUT2D eigenvalue weighted by molar-refractivity contribution is -0.113. The molecule has 3 aromatic rings. The number of fused-ring (bicyclic) bond motifs is 1. The summed E-state index contributed by atoms with van der Waals surface area (Å²) in [5.74, 6) is 2.08. The molecule has 2 aliphatic rings. The van der Waals surface area contributed by atoms with Crippen molar-refractivity contribution in [3.05, 3.63) is 47.5 Å². The fraction of sp³-hybridized carbons (Fsp3) is 0.318. The largest absolute Gasteiger partial charge is 0.454 e. The molecule has 0 unspecified atom stereocenters. The van der Waals surface area contributed by atoms with E-state index in [1.165, 1.54) is 11.8 Å². The Kier molecular flexibility index (Phi) is 6.20. The average Bonchev–Trinajstić information content (AvgIpc) is 3.54. The smallest absolute Gasteiger partial charge is 0.234 e. The van der Waals surface area contributed by atoms with E-state index in [9.17, 15) is 4.79 Å². The number of thioether (sulfide) groups is 1. The third-order valence-electron chi connectivity index (χ3n) is 5.22. The number of rotatable bonds is 7. The fourth-order valence-electron chi connectivity index (χ4n) is 3.67. The van der Waals surface area contributed by atoms with Crippen LogP contribution in [-0.4, -0.2) is 45.9 Å². The molecule has 1 fully saturated rings. The molecule has 1 N–H and O–H groups in total. The second-order valence-electron chi connectivity index (χ2n) is 7.46. The van der Waals surface area contributed by atoms with E-state index in [2.05, 4.69) is 15.5 Å². The number of benzene rings is 2. The van der Waals surface area contributed by atoms with Gasteiger partial charge in [-0.25, -0.2) is 0 Å². The van der Waals surface area contributed by atoms with Crippen molar-refractivity contribution in [2.24, 2.45) is 0 Å². The highest BCUT2D eigenvalue weighted by atomic mass is 35.5. The molecule has 2 aromatic carbocycles. The van der Waals surface area contributed by atoms with Gasteiger partial charge in [-0.1, -0.05) is 23.4 Å². The Morgan fingerprint density at radius 2 is 2.00 bits per heavy atom. The first-order valence-electron chi connectivity index (χ1n) is 10.3. The highest BCUT2D eigenvalue weighted by Gasteiger charge is 2.22. The molecular formula is C22H21ClN4O4S. The molecule has 3 heterocycles. The number of anilines is 1. The van der Waals surface area contributed by atoms with Crippen molar-refractivity contribution in [3.8, 4) is 22.9 Å². The topological polar surface area (TPSA) is 87.5 Å². The van der Waals surface area contributed by atoms with Crippen molar-refractivity contribution in [1.29, 1.82) is 0 Å². The molecule has 32 heavy (non-hydrogen) atoms. The van der Waals surface area contributed by atoms with Gasteiger partial charge in [0.15, 0.2) is 22.5 Å². The number of nitrogens with one attached hydrogen (secondary N) is 1. The van der Waals surface area contributed by atoms with E-state index in [4.69, 9.17) is 25.8 Å². The van der Waals surface area contributed by atoms with E-state index in [1.807, 2.05) is 28.8 Å². The van der Waals surface area contributed by atoms with Gasteiger partial charge < -0.3 is 19.5 Å². The van der Waals surface area contributed by atoms with Gasteiger partial charge in [0.1, 0.15) is 0 Å². The zero-order chi connectivity index (χ0) is 21.9. The molecule has 8 nitrogen and oxygen atoms in total. The summed E-state index contributed by atoms with van der Waals surface area (Å²) in [5, 5.41) is 13.0. The van der Waals surface area contributed by atoms with Crippen LogP contribution in [0.4, 0.5) is 5.69 Å². The first-order valence-corrected chi connectivity index (χ1v) is 11.6. The van der Waals surface area contributed by atoms with Crippen molar-refractivity contribution < 1.29 is 19.0 Å². The van der Waals surface area contributed by atoms with Crippen LogP contribution in [0.5, 0.6) is 11.5 Å². The molecule has 0 bridgehead atoms. The van der Waals surface area contributed by atoms with Gasteiger partial charge >= 0.3 is 0 Å². The van der Waals surface area contributed by atoms with Crippen molar-refractivity contribution in [3.63, 3.8) is 0 Å². The fourth-order valence-corrected chi connectivity index (χ4v) is 4.54. The summed E-state index contributed by atoms with van der Waals surface area (Å²) in [6, 6.07) is 12.8. The molecule has 166 valence electrons. The Bertz CT molecular complexity index is 1120. The summed E-state index contributed by atoms with van der Waals surface area (Å²) in [7, 11) is 0. The second kappa shape index (κ2) is 9.40. The number of halogens is 1. The first-order chi connectivity index (χ1) is 15.7. The van der Waals surface area contributed by atoms with E-state index in [0.29, 0.717) is 33.9 Å². The summed E-state index contributed by atoms with van der Waals surface area (Å²) < 4.78 is 18.5. The summed E-state index contributed by atoms with van der Waals surface area (Å²) in [6.45, 7) is 1.60. The van der Waals surface area contributed by atoms with E-state index in [1.54, 1.807) is 18.2 Å². The van der Waals surface area contributed by atoms with Crippen molar-refractivity contribution in [1.82, 2.24) is 14.8 Å². The maximum absolute atomic E-state index is 12.6. The normalized spacial score (nSPS) is 17.0. The molecule has 1 atom stereocenters. The minimum atomic E-state index is -0.145. The standard InChI is InChI=1S/C22H21ClN4O4S/c23-15-5-3-14(4-6-15)21-25-26-22(27(21)11-17-2-1-9-29-17)32-12-20(28)24-16-7-8-18-19(10-16)31-13-30-18/h3-8,10,17H,1-2,9,11-13H2,(H,24,28)/t17-/m0/s1. The van der Waals surface area contributed by atoms with Gasteiger partial charge in [-0.2, -0.15) is 0 Å². The molecule has 1 saturated heterocycles. The van der Waals surface area contributed by atoms with Crippen LogP contribution in [0.1, 0.15) is 12.8 Å². The van der Waals surface area contributed by atoms with Gasteiger partial charge in [0, 0.05) is 28.9 Å². The Hall–Kier alpha value is -2.75. The van der Waals surface area contributed by atoms with Crippen LogP contribution in [0.3, 0.4) is 0 Å². The maximum atomic E-state index is 12.6. The lowest BCUT2D eigenvalue weighted by atomic mass is 10.2. The van der Waals surface area contributed by atoms with Crippen LogP contribution < -0.4 is 14.8 Å². The predicted octanol–water partition coefficient (Wildman–Crippen LogP) is 4.24. The third-order valence-corrected chi connectivity index (χ3v) is 6.44. The molecule has 0 spiro atoms. The van der Waals surface area contributed by atoms with Gasteiger partial charge in [-0.05, 0) is 49.2 Å². The maximum Gasteiger partial charge on any atom is 0.234 e. The van der Waals surface area contributed by atoms with Crippen LogP contribution in [0.25, 0.3) is 11.4 Å².